The van der Waals surface area contributed by atoms with Crippen LogP contribution in [0.4, 0.5) is 5.69 Å². The molecular weight excluding hydrogens is 296 g/mol. The van der Waals surface area contributed by atoms with Crippen LogP contribution in [0.2, 0.25) is 0 Å². The summed E-state index contributed by atoms with van der Waals surface area (Å²) in [7, 11) is 0. The third kappa shape index (κ3) is 2.41. The molecule has 0 unspecified atom stereocenters. The molecule has 2 heterocycles. The molecule has 3 rings (SSSR count). The van der Waals surface area contributed by atoms with Crippen LogP contribution in [-0.4, -0.2) is 33.4 Å². The summed E-state index contributed by atoms with van der Waals surface area (Å²) >= 11 is 1.72. The van der Waals surface area contributed by atoms with Crippen LogP contribution in [0.3, 0.4) is 0 Å². The maximum atomic E-state index is 12.7. The number of thioether (sulfide) groups is 1. The summed E-state index contributed by atoms with van der Waals surface area (Å²) in [6.45, 7) is 8.13. The van der Waals surface area contributed by atoms with E-state index in [0.717, 1.165) is 23.2 Å². The highest BCUT2D eigenvalue weighted by molar-refractivity contribution is 8.01. The van der Waals surface area contributed by atoms with Gasteiger partial charge in [-0.2, -0.15) is 0 Å². The molecule has 2 atom stereocenters. The maximum Gasteiger partial charge on any atom is 0.248 e. The molecule has 0 radical (unpaired) electrons. The van der Waals surface area contributed by atoms with E-state index in [-0.39, 0.29) is 22.7 Å². The van der Waals surface area contributed by atoms with Crippen LogP contribution in [0, 0.1) is 20.8 Å². The molecule has 2 aliphatic heterocycles. The van der Waals surface area contributed by atoms with Gasteiger partial charge in [0.2, 0.25) is 11.8 Å². The Balaban J connectivity index is 1.83. The molecule has 1 N–H and O–H groups in total. The molecule has 22 heavy (non-hydrogen) atoms. The predicted octanol–water partition coefficient (Wildman–Crippen LogP) is 3.00. The fraction of sp³-hybridized carbons (Fsp3) is 0.529. The van der Waals surface area contributed by atoms with Crippen molar-refractivity contribution in [2.75, 3.05) is 11.1 Å². The van der Waals surface area contributed by atoms with Gasteiger partial charge in [-0.25, -0.2) is 0 Å². The number of rotatable bonds is 2. The van der Waals surface area contributed by atoms with E-state index in [1.54, 1.807) is 16.7 Å². The largest absolute Gasteiger partial charge is 0.324 e. The molecule has 5 heteroatoms. The van der Waals surface area contributed by atoms with Crippen molar-refractivity contribution in [1.82, 2.24) is 4.90 Å². The first kappa shape index (κ1) is 15.4. The van der Waals surface area contributed by atoms with Crippen molar-refractivity contribution in [3.63, 3.8) is 0 Å². The van der Waals surface area contributed by atoms with E-state index in [0.29, 0.717) is 12.2 Å². The van der Waals surface area contributed by atoms with E-state index in [9.17, 15) is 9.59 Å². The molecule has 1 aromatic rings. The maximum absolute atomic E-state index is 12.7. The van der Waals surface area contributed by atoms with Gasteiger partial charge in [0.25, 0.3) is 0 Å². The zero-order chi connectivity index (χ0) is 16.1. The van der Waals surface area contributed by atoms with Gasteiger partial charge in [0.05, 0.1) is 4.87 Å². The summed E-state index contributed by atoms with van der Waals surface area (Å²) in [5.74, 6) is 0.712. The second-order valence-corrected chi connectivity index (χ2v) is 8.03. The van der Waals surface area contributed by atoms with Crippen molar-refractivity contribution in [1.29, 1.82) is 0 Å². The predicted molar refractivity (Wildman–Crippen MR) is 90.0 cm³/mol. The Morgan fingerprint density at radius 1 is 1.32 bits per heavy atom. The Kier molecular flexibility index (Phi) is 3.71. The molecule has 2 amide bonds. The molecule has 1 aromatic carbocycles. The zero-order valence-corrected chi connectivity index (χ0v) is 14.3. The van der Waals surface area contributed by atoms with Crippen LogP contribution in [0.5, 0.6) is 0 Å². The number of nitrogens with zero attached hydrogens (tertiary/aromatic N) is 1. The first-order valence-corrected chi connectivity index (χ1v) is 8.65. The molecule has 4 nitrogen and oxygen atoms in total. The van der Waals surface area contributed by atoms with Gasteiger partial charge in [-0.15, -0.1) is 11.8 Å². The highest BCUT2D eigenvalue weighted by Crippen LogP contribution is 2.47. The number of hydrogen-bond acceptors (Lipinski definition) is 3. The molecule has 0 spiro atoms. The summed E-state index contributed by atoms with van der Waals surface area (Å²) < 4.78 is 0. The van der Waals surface area contributed by atoms with Gasteiger partial charge < -0.3 is 10.2 Å². The first-order chi connectivity index (χ1) is 10.3. The molecular formula is C17H22N2O2S. The normalized spacial score (nSPS) is 27.2. The van der Waals surface area contributed by atoms with Crippen molar-refractivity contribution in [2.24, 2.45) is 0 Å². The van der Waals surface area contributed by atoms with Crippen LogP contribution in [-0.2, 0) is 9.59 Å². The van der Waals surface area contributed by atoms with E-state index in [1.165, 1.54) is 5.56 Å². The van der Waals surface area contributed by atoms with E-state index in [4.69, 9.17) is 0 Å². The van der Waals surface area contributed by atoms with Crippen molar-refractivity contribution in [3.05, 3.63) is 28.8 Å². The highest BCUT2D eigenvalue weighted by atomic mass is 32.2. The fourth-order valence-electron chi connectivity index (χ4n) is 3.60. The van der Waals surface area contributed by atoms with Gasteiger partial charge in [0.1, 0.15) is 6.04 Å². The Labute approximate surface area is 135 Å². The summed E-state index contributed by atoms with van der Waals surface area (Å²) in [6, 6.07) is 3.78. The van der Waals surface area contributed by atoms with Crippen LogP contribution in [0.15, 0.2) is 12.1 Å². The van der Waals surface area contributed by atoms with E-state index < -0.39 is 0 Å². The standard InChI is InChI=1S/C17H22N2O2S/c1-10-7-11(2)15(12(3)8-10)18-16(21)13-9-22-17(4)6-5-14(20)19(13)17/h7-8,13H,5-6,9H2,1-4H3,(H,18,21)/t13-,17-/m0/s1. The van der Waals surface area contributed by atoms with Crippen molar-refractivity contribution >= 4 is 29.3 Å². The molecule has 2 aliphatic rings. The molecule has 2 saturated heterocycles. The average Bonchev–Trinajstić information content (AvgIpc) is 2.91. The molecule has 0 aliphatic carbocycles. The van der Waals surface area contributed by atoms with Gasteiger partial charge in [0, 0.05) is 17.9 Å². The number of amides is 2. The lowest BCUT2D eigenvalue weighted by atomic mass is 10.0. The van der Waals surface area contributed by atoms with Gasteiger partial charge in [0.15, 0.2) is 0 Å². The van der Waals surface area contributed by atoms with Crippen LogP contribution in [0.25, 0.3) is 0 Å². The minimum atomic E-state index is -0.356. The molecule has 2 fully saturated rings. The number of nitrogens with one attached hydrogen (secondary N) is 1. The Morgan fingerprint density at radius 3 is 2.59 bits per heavy atom. The molecule has 0 bridgehead atoms. The van der Waals surface area contributed by atoms with Gasteiger partial charge in [-0.3, -0.25) is 9.59 Å². The fourth-order valence-corrected chi connectivity index (χ4v) is 5.03. The Bertz CT molecular complexity index is 635. The lowest BCUT2D eigenvalue weighted by Gasteiger charge is -2.30. The van der Waals surface area contributed by atoms with Crippen molar-refractivity contribution < 1.29 is 9.59 Å². The smallest absolute Gasteiger partial charge is 0.248 e. The minimum Gasteiger partial charge on any atom is -0.324 e. The number of carbonyl (C=O) groups is 2. The summed E-state index contributed by atoms with van der Waals surface area (Å²) in [5.41, 5.74) is 4.19. The third-order valence-corrected chi connectivity index (χ3v) is 6.18. The van der Waals surface area contributed by atoms with Gasteiger partial charge in [-0.05, 0) is 45.2 Å². The number of hydrogen-bond donors (Lipinski definition) is 1. The van der Waals surface area contributed by atoms with Gasteiger partial charge in [-0.1, -0.05) is 17.7 Å². The third-order valence-electron chi connectivity index (χ3n) is 4.67. The second kappa shape index (κ2) is 5.30. The number of carbonyl (C=O) groups excluding carboxylic acids is 2. The van der Waals surface area contributed by atoms with Crippen molar-refractivity contribution in [3.8, 4) is 0 Å². The Hall–Kier alpha value is -1.49. The van der Waals surface area contributed by atoms with Crippen molar-refractivity contribution in [2.45, 2.75) is 51.4 Å². The number of aryl methyl sites for hydroxylation is 3. The quantitative estimate of drug-likeness (QED) is 0.912. The molecule has 0 saturated carbocycles. The molecule has 0 aromatic heterocycles. The number of benzene rings is 1. The highest BCUT2D eigenvalue weighted by Gasteiger charge is 2.52. The van der Waals surface area contributed by atoms with Crippen LogP contribution >= 0.6 is 11.8 Å². The second-order valence-electron chi connectivity index (χ2n) is 6.53. The summed E-state index contributed by atoms with van der Waals surface area (Å²) in [4.78, 5) is 26.5. The zero-order valence-electron chi connectivity index (χ0n) is 13.5. The topological polar surface area (TPSA) is 49.4 Å². The minimum absolute atomic E-state index is 0.0680. The lowest BCUT2D eigenvalue weighted by Crippen LogP contribution is -2.48. The summed E-state index contributed by atoms with van der Waals surface area (Å²) in [6.07, 6.45) is 1.39. The van der Waals surface area contributed by atoms with E-state index in [2.05, 4.69) is 24.4 Å². The number of anilines is 1. The first-order valence-electron chi connectivity index (χ1n) is 7.67. The van der Waals surface area contributed by atoms with Crippen LogP contribution < -0.4 is 5.32 Å². The van der Waals surface area contributed by atoms with Gasteiger partial charge >= 0.3 is 0 Å². The van der Waals surface area contributed by atoms with Crippen LogP contribution in [0.1, 0.15) is 36.5 Å². The number of fused-ring (bicyclic) bond motifs is 1. The van der Waals surface area contributed by atoms with E-state index >= 15 is 0 Å². The van der Waals surface area contributed by atoms with E-state index in [1.807, 2.05) is 20.8 Å². The monoisotopic (exact) mass is 318 g/mol. The average molecular weight is 318 g/mol. The SMILES string of the molecule is Cc1cc(C)c(NC(=O)[C@@H]2CS[C@@]3(C)CCC(=O)N23)c(C)c1. The summed E-state index contributed by atoms with van der Waals surface area (Å²) in [5, 5.41) is 3.05. The Morgan fingerprint density at radius 2 is 1.95 bits per heavy atom. The molecule has 118 valence electrons. The lowest BCUT2D eigenvalue weighted by molar-refractivity contribution is -0.135.